The van der Waals surface area contributed by atoms with Crippen molar-refractivity contribution in [2.75, 3.05) is 12.0 Å². The highest BCUT2D eigenvalue weighted by atomic mass is 16.5. The zero-order valence-electron chi connectivity index (χ0n) is 13.1. The van der Waals surface area contributed by atoms with E-state index in [0.717, 1.165) is 24.8 Å². The lowest BCUT2D eigenvalue weighted by Crippen LogP contribution is -2.40. The van der Waals surface area contributed by atoms with Crippen LogP contribution in [-0.4, -0.2) is 34.1 Å². The van der Waals surface area contributed by atoms with E-state index in [9.17, 15) is 14.8 Å². The molecule has 1 heterocycles. The van der Waals surface area contributed by atoms with Crippen LogP contribution < -0.4 is 10.9 Å². The first-order chi connectivity index (χ1) is 10.6. The average molecular weight is 308 g/mol. The highest BCUT2D eigenvalue weighted by Gasteiger charge is 2.20. The first-order valence-corrected chi connectivity index (χ1v) is 7.46. The first-order valence-electron chi connectivity index (χ1n) is 7.46. The van der Waals surface area contributed by atoms with Gasteiger partial charge in [-0.15, -0.1) is 0 Å². The van der Waals surface area contributed by atoms with Crippen molar-refractivity contribution in [1.82, 2.24) is 15.5 Å². The van der Waals surface area contributed by atoms with Crippen LogP contribution in [0.15, 0.2) is 18.3 Å². The number of unbranched alkanes of at least 4 members (excludes halogenated alkanes) is 2. The Morgan fingerprint density at radius 2 is 2.27 bits per heavy atom. The van der Waals surface area contributed by atoms with Crippen molar-refractivity contribution in [2.45, 2.75) is 39.5 Å². The number of hydrazine groups is 1. The molecule has 0 radical (unpaired) electrons. The van der Waals surface area contributed by atoms with Gasteiger partial charge in [-0.05, 0) is 31.0 Å². The second kappa shape index (κ2) is 9.73. The smallest absolute Gasteiger partial charge is 0.243 e. The summed E-state index contributed by atoms with van der Waals surface area (Å²) in [5.41, 5.74) is 6.35. The average Bonchev–Trinajstić information content (AvgIpc) is 2.51. The second-order valence-electron chi connectivity index (χ2n) is 5.25. The SMILES string of the molecule is CCCCCC(CN(O)C=O)C(=O)NNc1cc(C)ccn1. The molecule has 0 aliphatic rings. The number of aryl methyl sites for hydroxylation is 1. The Bertz CT molecular complexity index is 482. The van der Waals surface area contributed by atoms with Crippen LogP contribution >= 0.6 is 0 Å². The number of aromatic nitrogens is 1. The molecule has 1 aromatic rings. The van der Waals surface area contributed by atoms with Gasteiger partial charge in [0.1, 0.15) is 5.82 Å². The number of nitrogens with one attached hydrogen (secondary N) is 2. The molecule has 22 heavy (non-hydrogen) atoms. The number of hydrogen-bond acceptors (Lipinski definition) is 5. The Morgan fingerprint density at radius 1 is 1.50 bits per heavy atom. The molecule has 7 nitrogen and oxygen atoms in total. The quantitative estimate of drug-likeness (QED) is 0.265. The number of rotatable bonds is 10. The highest BCUT2D eigenvalue weighted by molar-refractivity contribution is 5.80. The van der Waals surface area contributed by atoms with Crippen molar-refractivity contribution >= 4 is 18.1 Å². The lowest BCUT2D eigenvalue weighted by atomic mass is 10.0. The molecule has 2 amide bonds. The number of carbonyl (C=O) groups excluding carboxylic acids is 2. The number of pyridine rings is 1. The van der Waals surface area contributed by atoms with Crippen molar-refractivity contribution in [3.05, 3.63) is 23.9 Å². The Hall–Kier alpha value is -2.15. The molecular weight excluding hydrogens is 284 g/mol. The first kappa shape index (κ1) is 17.9. The molecular formula is C15H24N4O3. The summed E-state index contributed by atoms with van der Waals surface area (Å²) in [5, 5.41) is 9.81. The number of anilines is 1. The summed E-state index contributed by atoms with van der Waals surface area (Å²) in [6.45, 7) is 3.97. The molecule has 0 fully saturated rings. The molecule has 3 N–H and O–H groups in total. The number of carbonyl (C=O) groups is 2. The number of hydroxylamine groups is 2. The summed E-state index contributed by atoms with van der Waals surface area (Å²) >= 11 is 0. The summed E-state index contributed by atoms with van der Waals surface area (Å²) < 4.78 is 0. The van der Waals surface area contributed by atoms with Crippen LogP contribution in [0, 0.1) is 12.8 Å². The Labute approximate surface area is 130 Å². The van der Waals surface area contributed by atoms with Gasteiger partial charge in [0.2, 0.25) is 12.3 Å². The zero-order valence-corrected chi connectivity index (χ0v) is 13.1. The predicted octanol–water partition coefficient (Wildman–Crippen LogP) is 1.88. The maximum atomic E-state index is 12.2. The fourth-order valence-corrected chi connectivity index (χ4v) is 2.05. The summed E-state index contributed by atoms with van der Waals surface area (Å²) in [6.07, 6.45) is 5.46. The van der Waals surface area contributed by atoms with Crippen molar-refractivity contribution in [3.63, 3.8) is 0 Å². The van der Waals surface area contributed by atoms with E-state index in [1.165, 1.54) is 0 Å². The second-order valence-corrected chi connectivity index (χ2v) is 5.25. The molecule has 1 unspecified atom stereocenters. The van der Waals surface area contributed by atoms with Crippen LogP contribution in [0.5, 0.6) is 0 Å². The molecule has 1 aromatic heterocycles. The van der Waals surface area contributed by atoms with Crippen molar-refractivity contribution in [1.29, 1.82) is 0 Å². The largest absolute Gasteiger partial charge is 0.286 e. The molecule has 0 spiro atoms. The van der Waals surface area contributed by atoms with Gasteiger partial charge in [-0.3, -0.25) is 25.6 Å². The molecule has 0 aliphatic heterocycles. The lowest BCUT2D eigenvalue weighted by Gasteiger charge is -2.19. The Balaban J connectivity index is 2.55. The van der Waals surface area contributed by atoms with E-state index in [0.29, 0.717) is 23.7 Å². The number of amides is 2. The molecule has 1 rings (SSSR count). The minimum Gasteiger partial charge on any atom is -0.286 e. The van der Waals surface area contributed by atoms with Gasteiger partial charge in [0.15, 0.2) is 0 Å². The monoisotopic (exact) mass is 308 g/mol. The third-order valence-corrected chi connectivity index (χ3v) is 3.29. The van der Waals surface area contributed by atoms with Gasteiger partial charge in [0.05, 0.1) is 12.5 Å². The molecule has 0 aromatic carbocycles. The van der Waals surface area contributed by atoms with Crippen LogP contribution in [0.3, 0.4) is 0 Å². The van der Waals surface area contributed by atoms with E-state index in [2.05, 4.69) is 22.8 Å². The minimum absolute atomic E-state index is 0.0258. The van der Waals surface area contributed by atoms with Crippen LogP contribution in [0.4, 0.5) is 5.82 Å². The molecule has 0 saturated heterocycles. The summed E-state index contributed by atoms with van der Waals surface area (Å²) in [5.74, 6) is -0.212. The molecule has 1 atom stereocenters. The van der Waals surface area contributed by atoms with Crippen LogP contribution in [-0.2, 0) is 9.59 Å². The standard InChI is InChI=1S/C15H24N4O3/c1-3-4-5-6-13(10-19(22)11-20)15(21)18-17-14-9-12(2)7-8-16-14/h7-9,11,13,22H,3-6,10H2,1-2H3,(H,16,17)(H,18,21). The van der Waals surface area contributed by atoms with Gasteiger partial charge >= 0.3 is 0 Å². The fourth-order valence-electron chi connectivity index (χ4n) is 2.05. The fraction of sp³-hybridized carbons (Fsp3) is 0.533. The molecule has 7 heteroatoms. The van der Waals surface area contributed by atoms with Gasteiger partial charge in [0, 0.05) is 6.20 Å². The van der Waals surface area contributed by atoms with Gasteiger partial charge < -0.3 is 0 Å². The maximum Gasteiger partial charge on any atom is 0.243 e. The lowest BCUT2D eigenvalue weighted by molar-refractivity contribution is -0.154. The number of hydrogen-bond donors (Lipinski definition) is 3. The van der Waals surface area contributed by atoms with Crippen LogP contribution in [0.2, 0.25) is 0 Å². The summed E-state index contributed by atoms with van der Waals surface area (Å²) in [4.78, 5) is 26.8. The van der Waals surface area contributed by atoms with Gasteiger partial charge in [-0.2, -0.15) is 0 Å². The molecule has 122 valence electrons. The molecule has 0 bridgehead atoms. The van der Waals surface area contributed by atoms with Crippen molar-refractivity contribution < 1.29 is 14.8 Å². The van der Waals surface area contributed by atoms with E-state index in [1.807, 2.05) is 13.0 Å². The third-order valence-electron chi connectivity index (χ3n) is 3.29. The Kier molecular flexibility index (Phi) is 7.91. The van der Waals surface area contributed by atoms with E-state index < -0.39 is 5.92 Å². The van der Waals surface area contributed by atoms with E-state index in [1.54, 1.807) is 12.3 Å². The highest BCUT2D eigenvalue weighted by Crippen LogP contribution is 2.12. The van der Waals surface area contributed by atoms with Gasteiger partial charge in [-0.1, -0.05) is 26.2 Å². The topological polar surface area (TPSA) is 94.6 Å². The number of nitrogens with zero attached hydrogens (tertiary/aromatic N) is 2. The van der Waals surface area contributed by atoms with E-state index in [4.69, 9.17) is 0 Å². The van der Waals surface area contributed by atoms with Crippen molar-refractivity contribution in [2.24, 2.45) is 5.92 Å². The third kappa shape index (κ3) is 6.53. The van der Waals surface area contributed by atoms with Crippen LogP contribution in [0.1, 0.15) is 38.2 Å². The molecule has 0 aliphatic carbocycles. The predicted molar refractivity (Wildman–Crippen MR) is 82.9 cm³/mol. The normalized spacial score (nSPS) is 11.6. The van der Waals surface area contributed by atoms with Gasteiger partial charge in [-0.25, -0.2) is 10.0 Å². The maximum absolute atomic E-state index is 12.2. The summed E-state index contributed by atoms with van der Waals surface area (Å²) in [6, 6.07) is 3.66. The van der Waals surface area contributed by atoms with Crippen LogP contribution in [0.25, 0.3) is 0 Å². The van der Waals surface area contributed by atoms with Crippen molar-refractivity contribution in [3.8, 4) is 0 Å². The van der Waals surface area contributed by atoms with E-state index >= 15 is 0 Å². The minimum atomic E-state index is -0.473. The zero-order chi connectivity index (χ0) is 16.4. The van der Waals surface area contributed by atoms with E-state index in [-0.39, 0.29) is 12.5 Å². The van der Waals surface area contributed by atoms with Gasteiger partial charge in [0.25, 0.3) is 0 Å². The molecule has 0 saturated carbocycles. The Morgan fingerprint density at radius 3 is 2.91 bits per heavy atom. The summed E-state index contributed by atoms with van der Waals surface area (Å²) in [7, 11) is 0.